The molecule has 4 heteroatoms. The minimum atomic E-state index is -0.187. The van der Waals surface area contributed by atoms with Crippen molar-refractivity contribution in [3.8, 4) is 6.07 Å². The molecule has 3 nitrogen and oxygen atoms in total. The molecule has 3 rings (SSSR count). The van der Waals surface area contributed by atoms with E-state index < -0.39 is 0 Å². The molecule has 0 unspecified atom stereocenters. The van der Waals surface area contributed by atoms with E-state index in [0.29, 0.717) is 6.04 Å². The summed E-state index contributed by atoms with van der Waals surface area (Å²) in [5.41, 5.74) is 2.02. The van der Waals surface area contributed by atoms with E-state index in [0.717, 1.165) is 50.3 Å². The minimum Gasteiger partial charge on any atom is -0.369 e. The van der Waals surface area contributed by atoms with Crippen molar-refractivity contribution in [3.63, 3.8) is 0 Å². The third kappa shape index (κ3) is 2.68. The van der Waals surface area contributed by atoms with Crippen LogP contribution >= 0.6 is 0 Å². The second-order valence-corrected chi connectivity index (χ2v) is 5.41. The van der Waals surface area contributed by atoms with Crippen LogP contribution in [-0.2, 0) is 0 Å². The van der Waals surface area contributed by atoms with Crippen LogP contribution in [0.3, 0.4) is 0 Å². The number of hydrogen-bond donors (Lipinski definition) is 0. The average Bonchev–Trinajstić information content (AvgIpc) is 2.97. The number of piperazine rings is 1. The Morgan fingerprint density at radius 3 is 2.40 bits per heavy atom. The normalized spacial score (nSPS) is 23.5. The standard InChI is InChI=1S/C16H18FN3/c17-14-2-5-15(6-3-14)19-7-9-20(10-8-19)16-4-1-13(11-16)12-18/h2-3,5-6,11,16H,1,4,7-10H2/t16-/m0/s1. The van der Waals surface area contributed by atoms with Gasteiger partial charge in [0.1, 0.15) is 5.82 Å². The van der Waals surface area contributed by atoms with Gasteiger partial charge in [0.25, 0.3) is 0 Å². The number of rotatable bonds is 2. The highest BCUT2D eigenvalue weighted by Gasteiger charge is 2.26. The van der Waals surface area contributed by atoms with Crippen LogP contribution in [-0.4, -0.2) is 37.1 Å². The number of nitriles is 1. The van der Waals surface area contributed by atoms with Gasteiger partial charge in [-0.15, -0.1) is 0 Å². The molecule has 0 aromatic heterocycles. The third-order valence-electron chi connectivity index (χ3n) is 4.22. The van der Waals surface area contributed by atoms with Crippen molar-refractivity contribution in [1.29, 1.82) is 5.26 Å². The molecule has 1 saturated heterocycles. The molecule has 1 aliphatic heterocycles. The Kier molecular flexibility index (Phi) is 3.70. The zero-order valence-electron chi connectivity index (χ0n) is 11.4. The van der Waals surface area contributed by atoms with E-state index in [-0.39, 0.29) is 5.82 Å². The monoisotopic (exact) mass is 271 g/mol. The fourth-order valence-electron chi connectivity index (χ4n) is 3.05. The lowest BCUT2D eigenvalue weighted by Crippen LogP contribution is -2.49. The molecule has 1 aromatic carbocycles. The number of allylic oxidation sites excluding steroid dienone is 1. The van der Waals surface area contributed by atoms with E-state index in [9.17, 15) is 4.39 Å². The Labute approximate surface area is 118 Å². The number of hydrogen-bond acceptors (Lipinski definition) is 3. The van der Waals surface area contributed by atoms with Gasteiger partial charge in [-0.25, -0.2) is 4.39 Å². The van der Waals surface area contributed by atoms with Crippen molar-refractivity contribution in [2.45, 2.75) is 18.9 Å². The van der Waals surface area contributed by atoms with E-state index in [2.05, 4.69) is 21.9 Å². The fourth-order valence-corrected chi connectivity index (χ4v) is 3.05. The summed E-state index contributed by atoms with van der Waals surface area (Å²) in [5, 5.41) is 8.92. The van der Waals surface area contributed by atoms with Gasteiger partial charge in [-0.05, 0) is 37.1 Å². The zero-order chi connectivity index (χ0) is 13.9. The molecule has 0 saturated carbocycles. The predicted octanol–water partition coefficient (Wildman–Crippen LogP) is 2.56. The van der Waals surface area contributed by atoms with Crippen molar-refractivity contribution >= 4 is 5.69 Å². The van der Waals surface area contributed by atoms with Gasteiger partial charge in [-0.3, -0.25) is 4.90 Å². The Morgan fingerprint density at radius 2 is 1.80 bits per heavy atom. The molecule has 0 radical (unpaired) electrons. The second kappa shape index (κ2) is 5.64. The number of benzene rings is 1. The van der Waals surface area contributed by atoms with Gasteiger partial charge in [0.2, 0.25) is 0 Å². The molecule has 1 aromatic rings. The lowest BCUT2D eigenvalue weighted by molar-refractivity contribution is 0.214. The number of nitrogens with zero attached hydrogens (tertiary/aromatic N) is 3. The molecule has 2 aliphatic rings. The van der Waals surface area contributed by atoms with Crippen molar-refractivity contribution in [2.24, 2.45) is 0 Å². The highest BCUT2D eigenvalue weighted by Crippen LogP contribution is 2.24. The first-order valence-corrected chi connectivity index (χ1v) is 7.11. The van der Waals surface area contributed by atoms with E-state index in [1.54, 1.807) is 0 Å². The highest BCUT2D eigenvalue weighted by atomic mass is 19.1. The van der Waals surface area contributed by atoms with Crippen molar-refractivity contribution in [2.75, 3.05) is 31.1 Å². The maximum absolute atomic E-state index is 12.9. The summed E-state index contributed by atoms with van der Waals surface area (Å²) in [7, 11) is 0. The molecule has 20 heavy (non-hydrogen) atoms. The van der Waals surface area contributed by atoms with E-state index in [4.69, 9.17) is 5.26 Å². The Bertz CT molecular complexity index is 536. The van der Waals surface area contributed by atoms with Gasteiger partial charge >= 0.3 is 0 Å². The first-order valence-electron chi connectivity index (χ1n) is 7.11. The van der Waals surface area contributed by atoms with Crippen LogP contribution in [0.25, 0.3) is 0 Å². The van der Waals surface area contributed by atoms with E-state index in [1.165, 1.54) is 12.1 Å². The molecule has 104 valence electrons. The summed E-state index contributed by atoms with van der Waals surface area (Å²) in [6, 6.07) is 9.40. The molecule has 0 spiro atoms. The van der Waals surface area contributed by atoms with E-state index in [1.807, 2.05) is 12.1 Å². The molecule has 0 amide bonds. The first-order chi connectivity index (χ1) is 9.76. The molecular weight excluding hydrogens is 253 g/mol. The number of anilines is 1. The van der Waals surface area contributed by atoms with Crippen LogP contribution in [0.15, 0.2) is 35.9 Å². The Balaban J connectivity index is 1.59. The highest BCUT2D eigenvalue weighted by molar-refractivity contribution is 5.46. The van der Waals surface area contributed by atoms with Gasteiger partial charge in [-0.2, -0.15) is 5.26 Å². The van der Waals surface area contributed by atoms with Crippen molar-refractivity contribution in [1.82, 2.24) is 4.90 Å². The summed E-state index contributed by atoms with van der Waals surface area (Å²) in [6.45, 7) is 3.91. The van der Waals surface area contributed by atoms with Gasteiger partial charge in [0.05, 0.1) is 6.07 Å². The minimum absolute atomic E-state index is 0.187. The number of halogens is 1. The molecular formula is C16H18FN3. The largest absolute Gasteiger partial charge is 0.369 e. The van der Waals surface area contributed by atoms with Crippen LogP contribution < -0.4 is 4.90 Å². The van der Waals surface area contributed by atoms with Crippen molar-refractivity contribution in [3.05, 3.63) is 41.7 Å². The maximum atomic E-state index is 12.9. The molecule has 1 aliphatic carbocycles. The quantitative estimate of drug-likeness (QED) is 0.828. The summed E-state index contributed by atoms with van der Waals surface area (Å²) >= 11 is 0. The lowest BCUT2D eigenvalue weighted by atomic mass is 10.1. The fraction of sp³-hybridized carbons (Fsp3) is 0.438. The van der Waals surface area contributed by atoms with Crippen LogP contribution in [0.5, 0.6) is 0 Å². The van der Waals surface area contributed by atoms with Crippen molar-refractivity contribution < 1.29 is 4.39 Å². The smallest absolute Gasteiger partial charge is 0.123 e. The van der Waals surface area contributed by atoms with Gasteiger partial charge in [-0.1, -0.05) is 6.08 Å². The van der Waals surface area contributed by atoms with E-state index >= 15 is 0 Å². The van der Waals surface area contributed by atoms with Gasteiger partial charge < -0.3 is 4.90 Å². The molecule has 0 N–H and O–H groups in total. The van der Waals surface area contributed by atoms with Gasteiger partial charge in [0, 0.05) is 43.5 Å². The second-order valence-electron chi connectivity index (χ2n) is 5.41. The molecule has 1 heterocycles. The summed E-state index contributed by atoms with van der Waals surface area (Å²) in [5.74, 6) is -0.187. The molecule has 0 bridgehead atoms. The molecule has 1 fully saturated rings. The SMILES string of the molecule is N#CC1=C[C@@H](N2CCN(c3ccc(F)cc3)CC2)CC1. The zero-order valence-corrected chi connectivity index (χ0v) is 11.4. The Hall–Kier alpha value is -1.86. The Morgan fingerprint density at radius 1 is 1.10 bits per heavy atom. The van der Waals surface area contributed by atoms with Crippen LogP contribution in [0.2, 0.25) is 0 Å². The topological polar surface area (TPSA) is 30.3 Å². The summed E-state index contributed by atoms with van der Waals surface area (Å²) in [6.07, 6.45) is 4.10. The van der Waals surface area contributed by atoms with Crippen LogP contribution in [0, 0.1) is 17.1 Å². The maximum Gasteiger partial charge on any atom is 0.123 e. The lowest BCUT2D eigenvalue weighted by Gasteiger charge is -2.38. The summed E-state index contributed by atoms with van der Waals surface area (Å²) in [4.78, 5) is 4.74. The van der Waals surface area contributed by atoms with Gasteiger partial charge in [0.15, 0.2) is 0 Å². The first kappa shape index (κ1) is 13.1. The molecule has 1 atom stereocenters. The van der Waals surface area contributed by atoms with Crippen LogP contribution in [0.1, 0.15) is 12.8 Å². The predicted molar refractivity (Wildman–Crippen MR) is 76.9 cm³/mol. The average molecular weight is 271 g/mol. The third-order valence-corrected chi connectivity index (χ3v) is 4.22. The summed E-state index contributed by atoms with van der Waals surface area (Å²) < 4.78 is 12.9. The van der Waals surface area contributed by atoms with Crippen LogP contribution in [0.4, 0.5) is 10.1 Å².